The predicted octanol–water partition coefficient (Wildman–Crippen LogP) is 25.6. The molecule has 0 saturated carbocycles. The van der Waals surface area contributed by atoms with Crippen molar-refractivity contribution in [1.29, 1.82) is 0 Å². The number of ether oxygens (including phenoxy) is 4. The van der Waals surface area contributed by atoms with Crippen molar-refractivity contribution in [3.8, 4) is 0 Å². The van der Waals surface area contributed by atoms with Crippen LogP contribution in [0.2, 0.25) is 0 Å². The number of esters is 4. The summed E-state index contributed by atoms with van der Waals surface area (Å²) in [5.74, 6) is 1.00. The summed E-state index contributed by atoms with van der Waals surface area (Å²) in [4.78, 5) is 73.2. The minimum atomic E-state index is -4.96. The third kappa shape index (κ3) is 78.2. The maximum Gasteiger partial charge on any atom is 0.472 e. The highest BCUT2D eigenvalue weighted by molar-refractivity contribution is 7.47. The largest absolute Gasteiger partial charge is 0.472 e. The average molecular weight is 1520 g/mol. The number of hydrogen-bond donors (Lipinski definition) is 3. The Balaban J connectivity index is 5.21. The molecule has 0 fully saturated rings. The van der Waals surface area contributed by atoms with E-state index < -0.39 is 97.5 Å². The second-order valence-electron chi connectivity index (χ2n) is 32.5. The fraction of sp³-hybridized carbons (Fsp3) is 0.953. The topological polar surface area (TPSA) is 237 Å². The number of carbonyl (C=O) groups excluding carboxylic acids is 4. The summed E-state index contributed by atoms with van der Waals surface area (Å²) in [6.45, 7) is 14.3. The fourth-order valence-corrected chi connectivity index (χ4v) is 14.7. The van der Waals surface area contributed by atoms with Gasteiger partial charge in [-0.15, -0.1) is 0 Å². The Kier molecular flexibility index (Phi) is 72.5. The molecule has 0 rings (SSSR count). The number of rotatable bonds is 82. The molecule has 17 nitrogen and oxygen atoms in total. The lowest BCUT2D eigenvalue weighted by Crippen LogP contribution is -2.30. The Morgan fingerprint density at radius 2 is 0.404 bits per heavy atom. The summed E-state index contributed by atoms with van der Waals surface area (Å²) >= 11 is 0. The van der Waals surface area contributed by atoms with Crippen LogP contribution in [0.1, 0.15) is 441 Å². The van der Waals surface area contributed by atoms with Crippen LogP contribution >= 0.6 is 15.6 Å². The minimum absolute atomic E-state index is 0.107. The number of phosphoric ester groups is 2. The molecule has 0 spiro atoms. The molecule has 0 aromatic heterocycles. The predicted molar refractivity (Wildman–Crippen MR) is 428 cm³/mol. The Bertz CT molecular complexity index is 2020. The molecule has 0 saturated heterocycles. The van der Waals surface area contributed by atoms with Gasteiger partial charge in [-0.1, -0.05) is 389 Å². The zero-order valence-electron chi connectivity index (χ0n) is 68.7. The fourth-order valence-electron chi connectivity index (χ4n) is 13.1. The van der Waals surface area contributed by atoms with Crippen molar-refractivity contribution in [2.45, 2.75) is 459 Å². The summed E-state index contributed by atoms with van der Waals surface area (Å²) in [6.07, 6.45) is 62.6. The van der Waals surface area contributed by atoms with Crippen LogP contribution in [0, 0.1) is 23.7 Å². The normalized spacial score (nSPS) is 14.0. The number of phosphoric acid groups is 2. The summed E-state index contributed by atoms with van der Waals surface area (Å²) < 4.78 is 68.8. The van der Waals surface area contributed by atoms with Crippen molar-refractivity contribution in [3.63, 3.8) is 0 Å². The maximum atomic E-state index is 13.1. The molecule has 3 unspecified atom stereocenters. The molecule has 5 atom stereocenters. The molecule has 3 N–H and O–H groups in total. The van der Waals surface area contributed by atoms with E-state index in [0.717, 1.165) is 114 Å². The summed E-state index contributed by atoms with van der Waals surface area (Å²) in [5, 5.41) is 10.7. The third-order valence-electron chi connectivity index (χ3n) is 19.8. The molecular weight excluding hydrogens is 1350 g/mol. The van der Waals surface area contributed by atoms with Gasteiger partial charge in [0.1, 0.15) is 19.3 Å². The molecule has 0 heterocycles. The van der Waals surface area contributed by atoms with Crippen molar-refractivity contribution in [1.82, 2.24) is 0 Å². The van der Waals surface area contributed by atoms with Gasteiger partial charge in [-0.05, 0) is 49.4 Å². The molecule has 0 aromatic rings. The highest BCUT2D eigenvalue weighted by atomic mass is 31.2. The first kappa shape index (κ1) is 102. The van der Waals surface area contributed by atoms with E-state index in [9.17, 15) is 43.2 Å². The molecule has 104 heavy (non-hydrogen) atoms. The summed E-state index contributed by atoms with van der Waals surface area (Å²) in [5.41, 5.74) is 0. The summed E-state index contributed by atoms with van der Waals surface area (Å²) in [7, 11) is -9.93. The Labute approximate surface area is 638 Å². The van der Waals surface area contributed by atoms with E-state index in [1.807, 2.05) is 0 Å². The van der Waals surface area contributed by atoms with Crippen LogP contribution < -0.4 is 0 Å². The van der Waals surface area contributed by atoms with Gasteiger partial charge < -0.3 is 33.8 Å². The van der Waals surface area contributed by atoms with Gasteiger partial charge in [-0.25, -0.2) is 9.13 Å². The van der Waals surface area contributed by atoms with Gasteiger partial charge in [-0.2, -0.15) is 0 Å². The van der Waals surface area contributed by atoms with Crippen molar-refractivity contribution in [2.24, 2.45) is 23.7 Å². The lowest BCUT2D eigenvalue weighted by Gasteiger charge is -2.21. The number of aliphatic hydroxyl groups excluding tert-OH is 1. The zero-order chi connectivity index (χ0) is 76.7. The van der Waals surface area contributed by atoms with Crippen molar-refractivity contribution < 1.29 is 80.2 Å². The zero-order valence-corrected chi connectivity index (χ0v) is 70.5. The highest BCUT2D eigenvalue weighted by Crippen LogP contribution is 2.45. The van der Waals surface area contributed by atoms with E-state index in [4.69, 9.17) is 37.0 Å². The number of unbranched alkanes of at least 4 members (excludes halogenated alkanes) is 48. The SMILES string of the molecule is CC(C)CCCCCCCCCCCCCCCCCCCCC(=O)O[C@H](COC(=O)CCCCCCCCCC(C)C)COP(=O)(O)OCC(O)COP(=O)(O)OC[C@@H](COC(=O)CCCCCCCCCCCCCCC(C)C)OC(=O)CCCCCCCCCCCCCCCCCC(C)C. The number of carbonyl (C=O) groups is 4. The van der Waals surface area contributed by atoms with Gasteiger partial charge in [0.25, 0.3) is 0 Å². The lowest BCUT2D eigenvalue weighted by molar-refractivity contribution is -0.161. The second kappa shape index (κ2) is 73.8. The van der Waals surface area contributed by atoms with E-state index >= 15 is 0 Å². The van der Waals surface area contributed by atoms with E-state index in [2.05, 4.69) is 55.4 Å². The van der Waals surface area contributed by atoms with Gasteiger partial charge in [0.2, 0.25) is 0 Å². The maximum absolute atomic E-state index is 13.1. The molecule has 0 aliphatic carbocycles. The first-order valence-electron chi connectivity index (χ1n) is 43.7. The first-order valence-corrected chi connectivity index (χ1v) is 46.7. The highest BCUT2D eigenvalue weighted by Gasteiger charge is 2.30. The van der Waals surface area contributed by atoms with Gasteiger partial charge in [0.15, 0.2) is 12.2 Å². The quantitative estimate of drug-likeness (QED) is 0.0222. The molecule has 0 bridgehead atoms. The van der Waals surface area contributed by atoms with Crippen molar-refractivity contribution in [2.75, 3.05) is 39.6 Å². The van der Waals surface area contributed by atoms with Crippen LogP contribution in [-0.4, -0.2) is 96.7 Å². The minimum Gasteiger partial charge on any atom is -0.462 e. The molecule has 0 aromatic carbocycles. The molecular formula is C85H166O17P2. The second-order valence-corrected chi connectivity index (χ2v) is 35.4. The summed E-state index contributed by atoms with van der Waals surface area (Å²) in [6, 6.07) is 0. The van der Waals surface area contributed by atoms with Gasteiger partial charge in [0, 0.05) is 25.7 Å². The Hall–Kier alpha value is -1.94. The van der Waals surface area contributed by atoms with Gasteiger partial charge >= 0.3 is 39.5 Å². The smallest absolute Gasteiger partial charge is 0.462 e. The number of aliphatic hydroxyl groups is 1. The molecule has 0 amide bonds. The number of hydrogen-bond acceptors (Lipinski definition) is 15. The van der Waals surface area contributed by atoms with Crippen LogP contribution in [-0.2, 0) is 65.4 Å². The Morgan fingerprint density at radius 1 is 0.240 bits per heavy atom. The van der Waals surface area contributed by atoms with E-state index in [1.54, 1.807) is 0 Å². The van der Waals surface area contributed by atoms with Gasteiger partial charge in [0.05, 0.1) is 26.4 Å². The van der Waals surface area contributed by atoms with Crippen LogP contribution in [0.4, 0.5) is 0 Å². The molecule has 0 radical (unpaired) electrons. The van der Waals surface area contributed by atoms with Crippen LogP contribution in [0.5, 0.6) is 0 Å². The molecule has 618 valence electrons. The Morgan fingerprint density at radius 3 is 0.596 bits per heavy atom. The van der Waals surface area contributed by atoms with Crippen LogP contribution in [0.25, 0.3) is 0 Å². The standard InChI is InChI=1S/C85H166O17P2/c1-75(2)61-53-45-37-30-24-18-14-11-9-10-12-16-20-28-34-42-51-59-68-85(90)102-81(72-96-83(88)66-58-50-44-36-40-48-56-64-78(7)8)74-100-104(93,94)98-70-79(86)69-97-103(91,92)99-73-80(71-95-82(87)65-57-49-41-33-27-23-22-26-32-39-47-55-63-77(5)6)101-84(89)67-60-52-43-35-29-21-17-13-15-19-25-31-38-46-54-62-76(3)4/h75-81,86H,9-74H2,1-8H3,(H,91,92)(H,93,94)/t79?,80-,81-/m1/s1. The molecule has 0 aliphatic rings. The average Bonchev–Trinajstić information content (AvgIpc) is 0.944. The first-order chi connectivity index (χ1) is 50.1. The molecule has 19 heteroatoms. The van der Waals surface area contributed by atoms with Crippen LogP contribution in [0.3, 0.4) is 0 Å². The third-order valence-corrected chi connectivity index (χ3v) is 21.7. The van der Waals surface area contributed by atoms with E-state index in [-0.39, 0.29) is 25.7 Å². The van der Waals surface area contributed by atoms with Crippen LogP contribution in [0.15, 0.2) is 0 Å². The lowest BCUT2D eigenvalue weighted by atomic mass is 10.0. The van der Waals surface area contributed by atoms with Crippen molar-refractivity contribution >= 4 is 39.5 Å². The van der Waals surface area contributed by atoms with Crippen molar-refractivity contribution in [3.05, 3.63) is 0 Å². The van der Waals surface area contributed by atoms with Gasteiger partial charge in [-0.3, -0.25) is 37.3 Å². The molecule has 0 aliphatic heterocycles. The van der Waals surface area contributed by atoms with E-state index in [0.29, 0.717) is 31.6 Å². The monoisotopic (exact) mass is 1520 g/mol. The van der Waals surface area contributed by atoms with E-state index in [1.165, 1.54) is 238 Å².